The molecule has 11 heteroatoms. The van der Waals surface area contributed by atoms with Gasteiger partial charge in [-0.05, 0) is 13.8 Å². The van der Waals surface area contributed by atoms with E-state index in [-0.39, 0.29) is 31.5 Å². The van der Waals surface area contributed by atoms with Crippen molar-refractivity contribution in [3.8, 4) is 0 Å². The standard InChI is InChI=1S/C14H25N3O7.ClH/c1-6(14(22)23)16-13(21)7(2)24-12-9(17-8(3)19)4-15-10(5-18)11(12)20;/h6-7,9-12,15,18,20H,4-5H2,1-3H3,(H,16,21)(H,17,19)(H,22,23);1H/t6-,7+,9-,10+,11+,12+;/m0./s1. The molecule has 6 N–H and O–H groups in total. The van der Waals surface area contributed by atoms with E-state index < -0.39 is 48.3 Å². The van der Waals surface area contributed by atoms with Crippen molar-refractivity contribution in [3.05, 3.63) is 0 Å². The number of rotatable bonds is 7. The molecule has 1 fully saturated rings. The summed E-state index contributed by atoms with van der Waals surface area (Å²) in [4.78, 5) is 34.0. The van der Waals surface area contributed by atoms with Crippen LogP contribution >= 0.6 is 12.4 Å². The van der Waals surface area contributed by atoms with Gasteiger partial charge in [0, 0.05) is 13.5 Å². The van der Waals surface area contributed by atoms with Gasteiger partial charge in [-0.1, -0.05) is 0 Å². The van der Waals surface area contributed by atoms with Crippen LogP contribution in [-0.4, -0.2) is 82.7 Å². The summed E-state index contributed by atoms with van der Waals surface area (Å²) < 4.78 is 5.57. The third kappa shape index (κ3) is 6.75. The number of aliphatic hydroxyl groups is 2. The number of aliphatic carboxylic acids is 1. The van der Waals surface area contributed by atoms with Gasteiger partial charge in [-0.2, -0.15) is 0 Å². The van der Waals surface area contributed by atoms with Gasteiger partial charge in [-0.15, -0.1) is 12.4 Å². The summed E-state index contributed by atoms with van der Waals surface area (Å²) in [5.41, 5.74) is 0. The van der Waals surface area contributed by atoms with Crippen molar-refractivity contribution in [1.29, 1.82) is 0 Å². The van der Waals surface area contributed by atoms with Gasteiger partial charge in [0.1, 0.15) is 18.2 Å². The highest BCUT2D eigenvalue weighted by molar-refractivity contribution is 5.86. The van der Waals surface area contributed by atoms with Crippen LogP contribution < -0.4 is 16.0 Å². The molecule has 0 aromatic carbocycles. The lowest BCUT2D eigenvalue weighted by atomic mass is 9.94. The number of halogens is 1. The Morgan fingerprint density at radius 1 is 1.32 bits per heavy atom. The fraction of sp³-hybridized carbons (Fsp3) is 0.786. The van der Waals surface area contributed by atoms with Gasteiger partial charge >= 0.3 is 5.97 Å². The maximum absolute atomic E-state index is 12.0. The van der Waals surface area contributed by atoms with Crippen molar-refractivity contribution in [2.75, 3.05) is 13.2 Å². The number of nitrogens with one attached hydrogen (secondary N) is 3. The van der Waals surface area contributed by atoms with Crippen LogP contribution in [0, 0.1) is 0 Å². The largest absolute Gasteiger partial charge is 0.480 e. The normalized spacial score (nSPS) is 28.2. The number of hydrogen-bond donors (Lipinski definition) is 6. The molecule has 0 bridgehead atoms. The molecule has 1 rings (SSSR count). The van der Waals surface area contributed by atoms with Crippen molar-refractivity contribution in [2.24, 2.45) is 0 Å². The fourth-order valence-corrected chi connectivity index (χ4v) is 2.41. The Hall–Kier alpha value is -1.46. The zero-order valence-electron chi connectivity index (χ0n) is 14.3. The number of piperidine rings is 1. The average molecular weight is 384 g/mol. The van der Waals surface area contributed by atoms with E-state index in [1.54, 1.807) is 0 Å². The number of carbonyl (C=O) groups is 3. The number of carbonyl (C=O) groups excluding carboxylic acids is 2. The van der Waals surface area contributed by atoms with E-state index in [2.05, 4.69) is 16.0 Å². The zero-order valence-corrected chi connectivity index (χ0v) is 15.1. The molecular formula is C14H26ClN3O7. The summed E-state index contributed by atoms with van der Waals surface area (Å²) in [5.74, 6) is -2.17. The van der Waals surface area contributed by atoms with Gasteiger partial charge < -0.3 is 36.0 Å². The Morgan fingerprint density at radius 2 is 1.92 bits per heavy atom. The molecule has 0 aromatic rings. The Kier molecular flexibility index (Phi) is 9.90. The van der Waals surface area contributed by atoms with Gasteiger partial charge in [0.2, 0.25) is 11.8 Å². The number of carboxylic acid groups (broad SMARTS) is 1. The minimum absolute atomic E-state index is 0. The first-order valence-corrected chi connectivity index (χ1v) is 7.65. The molecule has 6 atom stereocenters. The van der Waals surface area contributed by atoms with E-state index in [1.807, 2.05) is 0 Å². The number of amides is 2. The predicted octanol–water partition coefficient (Wildman–Crippen LogP) is -2.40. The van der Waals surface area contributed by atoms with Crippen molar-refractivity contribution in [3.63, 3.8) is 0 Å². The van der Waals surface area contributed by atoms with Gasteiger partial charge in [0.05, 0.1) is 24.8 Å². The molecule has 0 unspecified atom stereocenters. The molecule has 0 radical (unpaired) electrons. The van der Waals surface area contributed by atoms with Crippen molar-refractivity contribution >= 4 is 30.2 Å². The summed E-state index contributed by atoms with van der Waals surface area (Å²) in [7, 11) is 0. The van der Waals surface area contributed by atoms with Crippen molar-refractivity contribution in [2.45, 2.75) is 57.2 Å². The summed E-state index contributed by atoms with van der Waals surface area (Å²) in [6, 6.07) is -2.35. The van der Waals surface area contributed by atoms with Crippen LogP contribution in [0.15, 0.2) is 0 Å². The molecule has 10 nitrogen and oxygen atoms in total. The topological polar surface area (TPSA) is 157 Å². The maximum atomic E-state index is 12.0. The lowest BCUT2D eigenvalue weighted by molar-refractivity contribution is -0.154. The molecule has 0 aliphatic carbocycles. The van der Waals surface area contributed by atoms with Gasteiger partial charge in [-0.3, -0.25) is 14.4 Å². The van der Waals surface area contributed by atoms with E-state index in [1.165, 1.54) is 20.8 Å². The summed E-state index contributed by atoms with van der Waals surface area (Å²) in [6.07, 6.45) is -3.15. The molecule has 1 aliphatic heterocycles. The highest BCUT2D eigenvalue weighted by atomic mass is 35.5. The minimum atomic E-state index is -1.19. The molecule has 1 heterocycles. The Balaban J connectivity index is 0.00000576. The monoisotopic (exact) mass is 383 g/mol. The quantitative estimate of drug-likeness (QED) is 0.284. The van der Waals surface area contributed by atoms with E-state index in [0.29, 0.717) is 0 Å². The first-order valence-electron chi connectivity index (χ1n) is 7.65. The van der Waals surface area contributed by atoms with Crippen LogP contribution in [0.4, 0.5) is 0 Å². The molecule has 0 spiro atoms. The third-order valence-electron chi connectivity index (χ3n) is 3.79. The van der Waals surface area contributed by atoms with Crippen molar-refractivity contribution in [1.82, 2.24) is 16.0 Å². The second kappa shape index (κ2) is 10.5. The second-order valence-corrected chi connectivity index (χ2v) is 5.81. The van der Waals surface area contributed by atoms with E-state index in [4.69, 9.17) is 9.84 Å². The highest BCUT2D eigenvalue weighted by Crippen LogP contribution is 2.16. The second-order valence-electron chi connectivity index (χ2n) is 5.81. The van der Waals surface area contributed by atoms with Crippen LogP contribution in [0.3, 0.4) is 0 Å². The summed E-state index contributed by atoms with van der Waals surface area (Å²) >= 11 is 0. The molecule has 146 valence electrons. The predicted molar refractivity (Wildman–Crippen MR) is 89.3 cm³/mol. The zero-order chi connectivity index (χ0) is 18.4. The van der Waals surface area contributed by atoms with Crippen LogP contribution in [0.1, 0.15) is 20.8 Å². The maximum Gasteiger partial charge on any atom is 0.325 e. The van der Waals surface area contributed by atoms with Crippen molar-refractivity contribution < 1.29 is 34.4 Å². The molecule has 2 amide bonds. The van der Waals surface area contributed by atoms with Crippen LogP contribution in [-0.2, 0) is 19.1 Å². The van der Waals surface area contributed by atoms with Gasteiger partial charge in [0.15, 0.2) is 0 Å². The SMILES string of the molecule is CC(=O)N[C@H]1CN[C@H](CO)[C@@H](O)[C@@H]1O[C@H](C)C(=O)N[C@@H](C)C(=O)O.Cl. The average Bonchev–Trinajstić information content (AvgIpc) is 2.50. The molecule has 1 aliphatic rings. The molecule has 1 saturated heterocycles. The van der Waals surface area contributed by atoms with E-state index in [9.17, 15) is 24.6 Å². The van der Waals surface area contributed by atoms with Gasteiger partial charge in [-0.25, -0.2) is 0 Å². The number of carboxylic acids is 1. The van der Waals surface area contributed by atoms with Gasteiger partial charge in [0.25, 0.3) is 0 Å². The lowest BCUT2D eigenvalue weighted by Gasteiger charge is -2.41. The summed E-state index contributed by atoms with van der Waals surface area (Å²) in [6.45, 7) is 3.94. The minimum Gasteiger partial charge on any atom is -0.480 e. The lowest BCUT2D eigenvalue weighted by Crippen LogP contribution is -2.66. The van der Waals surface area contributed by atoms with E-state index in [0.717, 1.165) is 0 Å². The number of aliphatic hydroxyl groups excluding tert-OH is 2. The van der Waals surface area contributed by atoms with Crippen LogP contribution in [0.25, 0.3) is 0 Å². The molecular weight excluding hydrogens is 358 g/mol. The van der Waals surface area contributed by atoms with Crippen LogP contribution in [0.2, 0.25) is 0 Å². The molecule has 0 aromatic heterocycles. The molecule has 0 saturated carbocycles. The molecule has 25 heavy (non-hydrogen) atoms. The Morgan fingerprint density at radius 3 is 2.40 bits per heavy atom. The first kappa shape index (κ1) is 23.5. The van der Waals surface area contributed by atoms with E-state index >= 15 is 0 Å². The summed E-state index contributed by atoms with van der Waals surface area (Å²) in [5, 5.41) is 36.1. The Bertz CT molecular complexity index is 479. The number of hydrogen-bond acceptors (Lipinski definition) is 7. The third-order valence-corrected chi connectivity index (χ3v) is 3.79. The fourth-order valence-electron chi connectivity index (χ4n) is 2.41. The first-order chi connectivity index (χ1) is 11.2. The Labute approximate surface area is 151 Å². The van der Waals surface area contributed by atoms with Crippen LogP contribution in [0.5, 0.6) is 0 Å². The number of ether oxygens (including phenoxy) is 1. The highest BCUT2D eigenvalue weighted by Gasteiger charge is 2.41. The smallest absolute Gasteiger partial charge is 0.325 e.